The number of rotatable bonds is 3. The third-order valence-electron chi connectivity index (χ3n) is 5.25. The molecule has 1 aromatic heterocycles. The van der Waals surface area contributed by atoms with Gasteiger partial charge in [-0.2, -0.15) is 9.78 Å². The molecule has 0 atom stereocenters. The van der Waals surface area contributed by atoms with Crippen LogP contribution >= 0.6 is 23.6 Å². The summed E-state index contributed by atoms with van der Waals surface area (Å²) in [6.07, 6.45) is 6.41. The van der Waals surface area contributed by atoms with E-state index in [1.807, 2.05) is 54.6 Å². The number of hydrogen-bond acceptors (Lipinski definition) is 6. The smallest absolute Gasteiger partial charge is 0.232 e. The lowest BCUT2D eigenvalue weighted by molar-refractivity contribution is -0.109. The lowest BCUT2D eigenvalue weighted by Crippen LogP contribution is -2.04. The Labute approximate surface area is 192 Å². The molecule has 2 N–H and O–H groups in total. The molecule has 4 aromatic rings. The summed E-state index contributed by atoms with van der Waals surface area (Å²) in [5, 5.41) is 27.2. The van der Waals surface area contributed by atoms with Crippen molar-refractivity contribution >= 4 is 64.1 Å². The zero-order valence-corrected chi connectivity index (χ0v) is 18.2. The quantitative estimate of drug-likeness (QED) is 0.230. The van der Waals surface area contributed by atoms with Gasteiger partial charge in [0, 0.05) is 11.1 Å². The molecule has 32 heavy (non-hydrogen) atoms. The second-order valence-corrected chi connectivity index (χ2v) is 8.85. The highest BCUT2D eigenvalue weighted by atomic mass is 32.1. The van der Waals surface area contributed by atoms with Gasteiger partial charge in [0.1, 0.15) is 5.75 Å². The maximum absolute atomic E-state index is 12.5. The molecule has 1 aliphatic rings. The third kappa shape index (κ3) is 3.47. The molecule has 0 fully saturated rings. The Hall–Kier alpha value is -3.81. The predicted octanol–water partition coefficient (Wildman–Crippen LogP) is 5.86. The van der Waals surface area contributed by atoms with E-state index >= 15 is 0 Å². The molecule has 0 saturated carbocycles. The molecule has 1 aliphatic carbocycles. The first kappa shape index (κ1) is 20.1. The van der Waals surface area contributed by atoms with Gasteiger partial charge in [-0.05, 0) is 52.3 Å². The molecule has 0 spiro atoms. The van der Waals surface area contributed by atoms with Crippen LogP contribution in [0.3, 0.4) is 0 Å². The average molecular weight is 457 g/mol. The summed E-state index contributed by atoms with van der Waals surface area (Å²) in [6.45, 7) is 0. The highest BCUT2D eigenvalue weighted by molar-refractivity contribution is 7.73. The number of aromatic hydroxyl groups is 2. The van der Waals surface area contributed by atoms with Crippen molar-refractivity contribution < 1.29 is 15.0 Å². The number of allylic oxidation sites excluding steroid dienone is 2. The largest absolute Gasteiger partial charge is 0.507 e. The lowest BCUT2D eigenvalue weighted by Gasteiger charge is -2.12. The molecule has 156 valence electrons. The Kier molecular flexibility index (Phi) is 5.05. The summed E-state index contributed by atoms with van der Waals surface area (Å²) in [6, 6.07) is 18.6. The fraction of sp³-hybridized carbons (Fsp3) is 0. The standard InChI is InChI=1S/C25H16N2O3S2/c28-21-11-9-15-5-1-3-7-17(15)19(21)13-23-24(30)27(25(31)32-23)26-14-20-18-8-4-2-6-16(18)10-12-22(20)29/h1-14,29-30H. The van der Waals surface area contributed by atoms with Gasteiger partial charge in [0.05, 0.1) is 11.1 Å². The Morgan fingerprint density at radius 3 is 2.62 bits per heavy atom. The van der Waals surface area contributed by atoms with E-state index in [1.165, 1.54) is 17.0 Å². The van der Waals surface area contributed by atoms with E-state index in [1.54, 1.807) is 18.2 Å². The highest BCUT2D eigenvalue weighted by Crippen LogP contribution is 2.34. The third-order valence-corrected chi connectivity index (χ3v) is 6.54. The van der Waals surface area contributed by atoms with Crippen molar-refractivity contribution in [2.24, 2.45) is 5.10 Å². The van der Waals surface area contributed by atoms with Crippen LogP contribution in [0.15, 0.2) is 71.8 Å². The monoisotopic (exact) mass is 456 g/mol. The highest BCUT2D eigenvalue weighted by Gasteiger charge is 2.19. The van der Waals surface area contributed by atoms with E-state index < -0.39 is 0 Å². The maximum Gasteiger partial charge on any atom is 0.232 e. The fourth-order valence-corrected chi connectivity index (χ4v) is 4.83. The van der Waals surface area contributed by atoms with Crippen LogP contribution in [-0.2, 0) is 4.79 Å². The molecule has 7 heteroatoms. The number of thiazole rings is 1. The zero-order valence-electron chi connectivity index (χ0n) is 16.6. The number of fused-ring (bicyclic) bond motifs is 2. The van der Waals surface area contributed by atoms with Crippen molar-refractivity contribution in [1.29, 1.82) is 0 Å². The van der Waals surface area contributed by atoms with Gasteiger partial charge < -0.3 is 10.2 Å². The average Bonchev–Trinajstić information content (AvgIpc) is 3.07. The van der Waals surface area contributed by atoms with E-state index in [2.05, 4.69) is 5.10 Å². The minimum atomic E-state index is -0.164. The molecule has 1 heterocycles. The van der Waals surface area contributed by atoms with Crippen molar-refractivity contribution in [3.05, 3.63) is 92.3 Å². The number of carbonyl (C=O) groups excluding carboxylic acids is 1. The molecule has 5 rings (SSSR count). The molecule has 3 aromatic carbocycles. The second kappa shape index (κ2) is 8.03. The van der Waals surface area contributed by atoms with Gasteiger partial charge >= 0.3 is 0 Å². The van der Waals surface area contributed by atoms with E-state index in [0.717, 1.165) is 33.2 Å². The van der Waals surface area contributed by atoms with Gasteiger partial charge in [0.2, 0.25) is 5.88 Å². The van der Waals surface area contributed by atoms with E-state index in [4.69, 9.17) is 12.2 Å². The van der Waals surface area contributed by atoms with Gasteiger partial charge in [-0.1, -0.05) is 72.0 Å². The molecule has 0 aliphatic heterocycles. The van der Waals surface area contributed by atoms with Crippen LogP contribution in [0.2, 0.25) is 0 Å². The Morgan fingerprint density at radius 2 is 1.75 bits per heavy atom. The minimum Gasteiger partial charge on any atom is -0.507 e. The van der Waals surface area contributed by atoms with Crippen LogP contribution in [0.25, 0.3) is 28.5 Å². The van der Waals surface area contributed by atoms with Crippen molar-refractivity contribution in [3.8, 4) is 11.6 Å². The summed E-state index contributed by atoms with van der Waals surface area (Å²) in [4.78, 5) is 12.9. The number of carbonyl (C=O) groups is 1. The van der Waals surface area contributed by atoms with Gasteiger partial charge in [-0.15, -0.1) is 0 Å². The van der Waals surface area contributed by atoms with Crippen molar-refractivity contribution in [3.63, 3.8) is 0 Å². The molecular weight excluding hydrogens is 440 g/mol. The zero-order chi connectivity index (χ0) is 22.2. The summed E-state index contributed by atoms with van der Waals surface area (Å²) in [5.74, 6) is -0.228. The van der Waals surface area contributed by atoms with Crippen LogP contribution in [0.1, 0.15) is 21.6 Å². The topological polar surface area (TPSA) is 74.8 Å². The number of aromatic nitrogens is 1. The second-order valence-electron chi connectivity index (χ2n) is 7.17. The van der Waals surface area contributed by atoms with Crippen LogP contribution in [0.4, 0.5) is 0 Å². The Morgan fingerprint density at radius 1 is 0.969 bits per heavy atom. The number of benzene rings is 3. The van der Waals surface area contributed by atoms with E-state index in [9.17, 15) is 15.0 Å². The molecule has 5 nitrogen and oxygen atoms in total. The lowest BCUT2D eigenvalue weighted by atomic mass is 9.91. The summed E-state index contributed by atoms with van der Waals surface area (Å²) in [7, 11) is 0. The van der Waals surface area contributed by atoms with Crippen LogP contribution < -0.4 is 0 Å². The molecule has 0 unspecified atom stereocenters. The first-order valence-corrected chi connectivity index (χ1v) is 11.0. The number of phenolic OH excluding ortho intramolecular Hbond substituents is 1. The van der Waals surface area contributed by atoms with E-state index in [0.29, 0.717) is 20.0 Å². The van der Waals surface area contributed by atoms with Gasteiger partial charge in [-0.3, -0.25) is 4.79 Å². The Balaban J connectivity index is 1.58. The summed E-state index contributed by atoms with van der Waals surface area (Å²) in [5.41, 5.74) is 2.74. The van der Waals surface area contributed by atoms with Gasteiger partial charge in [0.25, 0.3) is 0 Å². The molecule has 0 radical (unpaired) electrons. The number of phenols is 1. The maximum atomic E-state index is 12.5. The van der Waals surface area contributed by atoms with Crippen molar-refractivity contribution in [1.82, 2.24) is 4.68 Å². The van der Waals surface area contributed by atoms with Gasteiger partial charge in [-0.25, -0.2) is 0 Å². The SMILES string of the molecule is O=C1C=Cc2ccccc2C1=Cc1sc(=S)n(N=Cc2c(O)ccc3ccccc23)c1O. The molecule has 0 amide bonds. The normalized spacial score (nSPS) is 14.5. The predicted molar refractivity (Wildman–Crippen MR) is 132 cm³/mol. The van der Waals surface area contributed by atoms with Crippen molar-refractivity contribution in [2.45, 2.75) is 0 Å². The van der Waals surface area contributed by atoms with Crippen LogP contribution in [-0.4, -0.2) is 26.9 Å². The van der Waals surface area contributed by atoms with E-state index in [-0.39, 0.29) is 17.4 Å². The van der Waals surface area contributed by atoms with Crippen molar-refractivity contribution in [2.75, 3.05) is 0 Å². The summed E-state index contributed by atoms with van der Waals surface area (Å²) < 4.78 is 1.54. The first-order chi connectivity index (χ1) is 15.5. The number of ketones is 1. The number of nitrogens with zero attached hydrogens (tertiary/aromatic N) is 2. The minimum absolute atomic E-state index is 0.0761. The summed E-state index contributed by atoms with van der Waals surface area (Å²) >= 11 is 6.55. The molecule has 0 saturated heterocycles. The van der Waals surface area contributed by atoms with Crippen LogP contribution in [0.5, 0.6) is 11.6 Å². The first-order valence-electron chi connectivity index (χ1n) is 9.76. The number of hydrogen-bond donors (Lipinski definition) is 2. The van der Waals surface area contributed by atoms with Crippen LogP contribution in [0, 0.1) is 3.95 Å². The molecular formula is C25H16N2O3S2. The van der Waals surface area contributed by atoms with Gasteiger partial charge in [0.15, 0.2) is 9.74 Å². The Bertz CT molecular complexity index is 1540. The molecule has 0 bridgehead atoms. The fourth-order valence-electron chi connectivity index (χ4n) is 3.66.